The van der Waals surface area contributed by atoms with E-state index < -0.39 is 0 Å². The van der Waals surface area contributed by atoms with E-state index in [2.05, 4.69) is 31.8 Å². The molecule has 1 rings (SSSR count). The number of rotatable bonds is 6. The SMILES string of the molecule is C=CC(=O)N(C)CC(=O)NCc1ccccc1C(C)C. The van der Waals surface area contributed by atoms with Crippen LogP contribution in [0.3, 0.4) is 0 Å². The van der Waals surface area contributed by atoms with E-state index in [1.165, 1.54) is 16.5 Å². The van der Waals surface area contributed by atoms with Crippen LogP contribution in [0.15, 0.2) is 36.9 Å². The second-order valence-corrected chi connectivity index (χ2v) is 5.03. The molecule has 0 saturated heterocycles. The van der Waals surface area contributed by atoms with Crippen LogP contribution in [-0.2, 0) is 16.1 Å². The Labute approximate surface area is 120 Å². The van der Waals surface area contributed by atoms with E-state index in [1.54, 1.807) is 7.05 Å². The van der Waals surface area contributed by atoms with Crippen molar-refractivity contribution in [2.75, 3.05) is 13.6 Å². The maximum Gasteiger partial charge on any atom is 0.246 e. The van der Waals surface area contributed by atoms with Crippen molar-refractivity contribution in [1.29, 1.82) is 0 Å². The van der Waals surface area contributed by atoms with Crippen LogP contribution in [0.4, 0.5) is 0 Å². The highest BCUT2D eigenvalue weighted by Crippen LogP contribution is 2.18. The summed E-state index contributed by atoms with van der Waals surface area (Å²) >= 11 is 0. The molecule has 1 aromatic carbocycles. The molecule has 0 aromatic heterocycles. The summed E-state index contributed by atoms with van der Waals surface area (Å²) in [6.45, 7) is 8.15. The molecular formula is C16H22N2O2. The van der Waals surface area contributed by atoms with Gasteiger partial charge in [0.2, 0.25) is 11.8 Å². The molecule has 108 valence electrons. The van der Waals surface area contributed by atoms with E-state index in [1.807, 2.05) is 18.2 Å². The van der Waals surface area contributed by atoms with Gasteiger partial charge in [0.15, 0.2) is 0 Å². The number of hydrogen-bond acceptors (Lipinski definition) is 2. The summed E-state index contributed by atoms with van der Waals surface area (Å²) in [4.78, 5) is 24.4. The van der Waals surface area contributed by atoms with E-state index >= 15 is 0 Å². The third kappa shape index (κ3) is 4.53. The van der Waals surface area contributed by atoms with Gasteiger partial charge in [-0.25, -0.2) is 0 Å². The molecule has 0 unspecified atom stereocenters. The molecule has 0 saturated carbocycles. The Morgan fingerprint density at radius 3 is 2.60 bits per heavy atom. The topological polar surface area (TPSA) is 49.4 Å². The lowest BCUT2D eigenvalue weighted by atomic mass is 9.97. The van der Waals surface area contributed by atoms with E-state index in [9.17, 15) is 9.59 Å². The summed E-state index contributed by atoms with van der Waals surface area (Å²) in [5, 5.41) is 2.84. The van der Waals surface area contributed by atoms with Gasteiger partial charge in [0.25, 0.3) is 0 Å². The number of hydrogen-bond donors (Lipinski definition) is 1. The smallest absolute Gasteiger partial charge is 0.246 e. The molecule has 4 heteroatoms. The Morgan fingerprint density at radius 1 is 1.35 bits per heavy atom. The first-order valence-electron chi connectivity index (χ1n) is 6.67. The van der Waals surface area contributed by atoms with Crippen molar-refractivity contribution in [1.82, 2.24) is 10.2 Å². The maximum absolute atomic E-state index is 11.8. The monoisotopic (exact) mass is 274 g/mol. The summed E-state index contributed by atoms with van der Waals surface area (Å²) in [5.41, 5.74) is 2.33. The van der Waals surface area contributed by atoms with Crippen LogP contribution in [-0.4, -0.2) is 30.3 Å². The highest BCUT2D eigenvalue weighted by atomic mass is 16.2. The summed E-state index contributed by atoms with van der Waals surface area (Å²) in [6.07, 6.45) is 1.20. The minimum absolute atomic E-state index is 0.0364. The van der Waals surface area contributed by atoms with Gasteiger partial charge in [0.05, 0.1) is 6.54 Å². The average molecular weight is 274 g/mol. The van der Waals surface area contributed by atoms with Crippen molar-refractivity contribution in [3.05, 3.63) is 48.0 Å². The molecule has 0 aliphatic heterocycles. The second kappa shape index (κ2) is 7.48. The van der Waals surface area contributed by atoms with Crippen LogP contribution in [0, 0.1) is 0 Å². The van der Waals surface area contributed by atoms with Crippen LogP contribution in [0.2, 0.25) is 0 Å². The molecule has 4 nitrogen and oxygen atoms in total. The first-order valence-corrected chi connectivity index (χ1v) is 6.67. The zero-order valence-electron chi connectivity index (χ0n) is 12.3. The normalized spacial score (nSPS) is 10.2. The van der Waals surface area contributed by atoms with Crippen molar-refractivity contribution in [2.45, 2.75) is 26.3 Å². The van der Waals surface area contributed by atoms with Crippen LogP contribution in [0.1, 0.15) is 30.9 Å². The molecule has 0 aliphatic carbocycles. The molecule has 0 fully saturated rings. The minimum Gasteiger partial charge on any atom is -0.350 e. The van der Waals surface area contributed by atoms with Crippen LogP contribution >= 0.6 is 0 Å². The molecule has 0 heterocycles. The van der Waals surface area contributed by atoms with Gasteiger partial charge in [0, 0.05) is 13.6 Å². The molecular weight excluding hydrogens is 252 g/mol. The number of amides is 2. The predicted octanol–water partition coefficient (Wildman–Crippen LogP) is 2.07. The minimum atomic E-state index is -0.261. The number of nitrogens with one attached hydrogen (secondary N) is 1. The van der Waals surface area contributed by atoms with Gasteiger partial charge in [-0.05, 0) is 23.1 Å². The van der Waals surface area contributed by atoms with Gasteiger partial charge in [0.1, 0.15) is 0 Å². The van der Waals surface area contributed by atoms with Crippen molar-refractivity contribution in [3.63, 3.8) is 0 Å². The summed E-state index contributed by atoms with van der Waals surface area (Å²) in [6, 6.07) is 8.03. The second-order valence-electron chi connectivity index (χ2n) is 5.03. The van der Waals surface area contributed by atoms with Crippen LogP contribution < -0.4 is 5.32 Å². The Kier molecular flexibility index (Phi) is 5.97. The Bertz CT molecular complexity index is 495. The highest BCUT2D eigenvalue weighted by molar-refractivity contribution is 5.90. The van der Waals surface area contributed by atoms with Crippen molar-refractivity contribution >= 4 is 11.8 Å². The fourth-order valence-corrected chi connectivity index (χ4v) is 1.96. The fourth-order valence-electron chi connectivity index (χ4n) is 1.96. The Hall–Kier alpha value is -2.10. The number of carbonyl (C=O) groups excluding carboxylic acids is 2. The third-order valence-electron chi connectivity index (χ3n) is 3.08. The van der Waals surface area contributed by atoms with Crippen molar-refractivity contribution < 1.29 is 9.59 Å². The number of carbonyl (C=O) groups is 2. The quantitative estimate of drug-likeness (QED) is 0.807. The van der Waals surface area contributed by atoms with E-state index in [4.69, 9.17) is 0 Å². The van der Waals surface area contributed by atoms with Gasteiger partial charge >= 0.3 is 0 Å². The Balaban J connectivity index is 2.57. The molecule has 1 N–H and O–H groups in total. The first-order chi connectivity index (χ1) is 9.45. The van der Waals surface area contributed by atoms with E-state index in [0.717, 1.165) is 5.56 Å². The van der Waals surface area contributed by atoms with Crippen LogP contribution in [0.5, 0.6) is 0 Å². The van der Waals surface area contributed by atoms with Gasteiger partial charge in [-0.2, -0.15) is 0 Å². The summed E-state index contributed by atoms with van der Waals surface area (Å²) in [7, 11) is 1.58. The molecule has 20 heavy (non-hydrogen) atoms. The summed E-state index contributed by atoms with van der Waals surface area (Å²) in [5.74, 6) is -0.0305. The Morgan fingerprint density at radius 2 is 2.00 bits per heavy atom. The lowest BCUT2D eigenvalue weighted by Gasteiger charge is -2.16. The molecule has 1 aromatic rings. The van der Waals surface area contributed by atoms with Gasteiger partial charge in [-0.3, -0.25) is 9.59 Å². The largest absolute Gasteiger partial charge is 0.350 e. The molecule has 0 aliphatic rings. The van der Waals surface area contributed by atoms with Gasteiger partial charge in [-0.1, -0.05) is 44.7 Å². The standard InChI is InChI=1S/C16H22N2O2/c1-5-16(20)18(4)11-15(19)17-10-13-8-6-7-9-14(13)12(2)3/h5-9,12H,1,10-11H2,2-4H3,(H,17,19). The van der Waals surface area contributed by atoms with E-state index in [0.29, 0.717) is 12.5 Å². The lowest BCUT2D eigenvalue weighted by Crippen LogP contribution is -2.37. The number of benzene rings is 1. The zero-order chi connectivity index (χ0) is 15.1. The average Bonchev–Trinajstić information content (AvgIpc) is 2.44. The molecule has 0 atom stereocenters. The maximum atomic E-state index is 11.8. The molecule has 2 amide bonds. The fraction of sp³-hybridized carbons (Fsp3) is 0.375. The molecule has 0 bridgehead atoms. The predicted molar refractivity (Wildman–Crippen MR) is 80.2 cm³/mol. The molecule has 0 spiro atoms. The zero-order valence-corrected chi connectivity index (χ0v) is 12.3. The highest BCUT2D eigenvalue weighted by Gasteiger charge is 2.11. The first kappa shape index (κ1) is 16.0. The van der Waals surface area contributed by atoms with E-state index in [-0.39, 0.29) is 18.4 Å². The molecule has 0 radical (unpaired) electrons. The number of likely N-dealkylation sites (N-methyl/N-ethyl adjacent to an activating group) is 1. The van der Waals surface area contributed by atoms with Gasteiger partial charge < -0.3 is 10.2 Å². The number of nitrogens with zero attached hydrogens (tertiary/aromatic N) is 1. The van der Waals surface area contributed by atoms with Gasteiger partial charge in [-0.15, -0.1) is 0 Å². The summed E-state index contributed by atoms with van der Waals surface area (Å²) < 4.78 is 0. The van der Waals surface area contributed by atoms with Crippen molar-refractivity contribution in [2.24, 2.45) is 0 Å². The lowest BCUT2D eigenvalue weighted by molar-refractivity contribution is -0.131. The van der Waals surface area contributed by atoms with Crippen molar-refractivity contribution in [3.8, 4) is 0 Å². The van der Waals surface area contributed by atoms with Crippen LogP contribution in [0.25, 0.3) is 0 Å². The third-order valence-corrected chi connectivity index (χ3v) is 3.08.